The van der Waals surface area contributed by atoms with Gasteiger partial charge in [0.1, 0.15) is 0 Å². The normalized spacial score (nSPS) is 15.7. The van der Waals surface area contributed by atoms with Gasteiger partial charge in [-0.2, -0.15) is 0 Å². The highest BCUT2D eigenvalue weighted by Crippen LogP contribution is 2.33. The van der Waals surface area contributed by atoms with E-state index >= 15 is 0 Å². The number of carbonyl (C=O) groups excluding carboxylic acids is 1. The zero-order valence-corrected chi connectivity index (χ0v) is 22.2. The third-order valence-electron chi connectivity index (χ3n) is 5.27. The Bertz CT molecular complexity index is 1490. The van der Waals surface area contributed by atoms with Gasteiger partial charge < -0.3 is 14.6 Å². The maximum atomic E-state index is 13.6. The Morgan fingerprint density at radius 2 is 2.03 bits per heavy atom. The molecule has 1 atom stereocenters. The van der Waals surface area contributed by atoms with Crippen LogP contribution in [0, 0.1) is 3.57 Å². The largest absolute Gasteiger partial charge is 0.504 e. The summed E-state index contributed by atoms with van der Waals surface area (Å²) in [6.45, 7) is 3.67. The number of hydrogen-bond donors (Lipinski definition) is 1. The van der Waals surface area contributed by atoms with E-state index in [1.54, 1.807) is 56.3 Å². The van der Waals surface area contributed by atoms with Crippen molar-refractivity contribution in [3.63, 3.8) is 0 Å². The molecule has 0 spiro atoms. The van der Waals surface area contributed by atoms with E-state index in [1.807, 2.05) is 22.6 Å². The smallest absolute Gasteiger partial charge is 0.338 e. The van der Waals surface area contributed by atoms with Gasteiger partial charge in [0.2, 0.25) is 0 Å². The zero-order chi connectivity index (χ0) is 24.6. The molecule has 0 fully saturated rings. The van der Waals surface area contributed by atoms with Crippen molar-refractivity contribution in [2.75, 3.05) is 13.7 Å². The fourth-order valence-electron chi connectivity index (χ4n) is 3.74. The Morgan fingerprint density at radius 1 is 1.32 bits per heavy atom. The number of ether oxygens (including phenoxy) is 2. The number of phenols is 1. The summed E-state index contributed by atoms with van der Waals surface area (Å²) in [5, 5.41) is 10.7. The predicted octanol–water partition coefficient (Wildman–Crippen LogP) is 3.77. The first-order valence-electron chi connectivity index (χ1n) is 10.3. The molecule has 176 valence electrons. The summed E-state index contributed by atoms with van der Waals surface area (Å²) in [5.74, 6) is -0.166. The summed E-state index contributed by atoms with van der Waals surface area (Å²) in [6, 6.07) is 9.71. The quantitative estimate of drug-likeness (QED) is 0.351. The highest BCUT2D eigenvalue weighted by atomic mass is 127. The minimum atomic E-state index is -0.704. The Morgan fingerprint density at radius 3 is 2.68 bits per heavy atom. The van der Waals surface area contributed by atoms with Gasteiger partial charge in [-0.15, -0.1) is 0 Å². The molecule has 4 rings (SSSR count). The van der Waals surface area contributed by atoms with E-state index in [0.717, 1.165) is 5.56 Å². The molecule has 0 saturated heterocycles. The minimum absolute atomic E-state index is 0.0409. The van der Waals surface area contributed by atoms with Crippen LogP contribution < -0.4 is 19.6 Å². The van der Waals surface area contributed by atoms with Crippen LogP contribution in [0.15, 0.2) is 57.5 Å². The maximum Gasteiger partial charge on any atom is 0.338 e. The molecule has 0 bridgehead atoms. The third kappa shape index (κ3) is 4.51. The zero-order valence-electron chi connectivity index (χ0n) is 18.5. The van der Waals surface area contributed by atoms with Gasteiger partial charge in [0.05, 0.1) is 39.1 Å². The molecule has 2 heterocycles. The standard InChI is InChI=1S/C24H20ClIN2O5S/c1-4-33-23(31)19-12(2)27-24-28(20(19)14-5-7-15(25)8-6-14)22(30)18(34-24)11-13-9-16(26)21(29)17(10-13)32-3/h5-11,20,29H,4H2,1-3H3. The number of aromatic hydroxyl groups is 1. The molecule has 1 aromatic heterocycles. The molecule has 1 aliphatic rings. The first-order valence-corrected chi connectivity index (χ1v) is 12.5. The number of methoxy groups -OCH3 is 1. The predicted molar refractivity (Wildman–Crippen MR) is 139 cm³/mol. The lowest BCUT2D eigenvalue weighted by Crippen LogP contribution is -2.39. The van der Waals surface area contributed by atoms with Gasteiger partial charge in [-0.25, -0.2) is 9.79 Å². The van der Waals surface area contributed by atoms with Crippen molar-refractivity contribution < 1.29 is 19.4 Å². The molecule has 7 nitrogen and oxygen atoms in total. The fraction of sp³-hybridized carbons (Fsp3) is 0.208. The molecular formula is C24H20ClIN2O5S. The van der Waals surface area contributed by atoms with Gasteiger partial charge in [-0.1, -0.05) is 35.1 Å². The molecule has 34 heavy (non-hydrogen) atoms. The number of halogens is 2. The molecule has 10 heteroatoms. The monoisotopic (exact) mass is 610 g/mol. The average Bonchev–Trinajstić information content (AvgIpc) is 3.10. The maximum absolute atomic E-state index is 13.6. The molecule has 0 saturated carbocycles. The van der Waals surface area contributed by atoms with E-state index in [2.05, 4.69) is 4.99 Å². The second kappa shape index (κ2) is 9.93. The second-order valence-electron chi connectivity index (χ2n) is 7.41. The van der Waals surface area contributed by atoms with Crippen LogP contribution in [0.4, 0.5) is 0 Å². The van der Waals surface area contributed by atoms with Crippen LogP contribution >= 0.6 is 45.5 Å². The lowest BCUT2D eigenvalue weighted by atomic mass is 9.96. The summed E-state index contributed by atoms with van der Waals surface area (Å²) < 4.78 is 13.1. The van der Waals surface area contributed by atoms with Crippen LogP contribution in [0.1, 0.15) is 31.0 Å². The summed E-state index contributed by atoms with van der Waals surface area (Å²) in [4.78, 5) is 31.5. The van der Waals surface area contributed by atoms with Gasteiger partial charge in [0, 0.05) is 5.02 Å². The fourth-order valence-corrected chi connectivity index (χ4v) is 5.53. The van der Waals surface area contributed by atoms with Crippen LogP contribution in [0.5, 0.6) is 11.5 Å². The van der Waals surface area contributed by atoms with Crippen molar-refractivity contribution >= 4 is 57.6 Å². The van der Waals surface area contributed by atoms with Gasteiger partial charge in [-0.05, 0) is 77.9 Å². The van der Waals surface area contributed by atoms with Gasteiger partial charge in [-0.3, -0.25) is 9.36 Å². The van der Waals surface area contributed by atoms with Crippen LogP contribution in [-0.4, -0.2) is 29.4 Å². The first kappa shape index (κ1) is 24.5. The van der Waals surface area contributed by atoms with E-state index in [-0.39, 0.29) is 17.9 Å². The van der Waals surface area contributed by atoms with Gasteiger partial charge in [0.15, 0.2) is 16.3 Å². The Hall–Kier alpha value is -2.63. The van der Waals surface area contributed by atoms with Crippen LogP contribution in [0.2, 0.25) is 5.02 Å². The number of phenolic OH excluding ortho intramolecular Hbond substituents is 1. The number of fused-ring (bicyclic) bond motifs is 1. The number of carbonyl (C=O) groups is 1. The van der Waals surface area contributed by atoms with E-state index in [0.29, 0.717) is 40.5 Å². The number of rotatable bonds is 5. The van der Waals surface area contributed by atoms with Crippen molar-refractivity contribution in [1.29, 1.82) is 0 Å². The number of allylic oxidation sites excluding steroid dienone is 1. The molecule has 2 aromatic carbocycles. The molecule has 0 radical (unpaired) electrons. The van der Waals surface area contributed by atoms with Crippen molar-refractivity contribution in [2.24, 2.45) is 4.99 Å². The second-order valence-corrected chi connectivity index (χ2v) is 10.0. The number of aromatic nitrogens is 1. The van der Waals surface area contributed by atoms with E-state index in [1.165, 1.54) is 23.0 Å². The van der Waals surface area contributed by atoms with Crippen LogP contribution in [0.3, 0.4) is 0 Å². The SMILES string of the molecule is CCOC(=O)C1=C(C)N=c2sc(=Cc3cc(I)c(O)c(OC)c3)c(=O)n2C1c1ccc(Cl)cc1. The molecule has 1 aliphatic heterocycles. The number of thiazole rings is 1. The van der Waals surface area contributed by atoms with E-state index in [9.17, 15) is 14.7 Å². The molecule has 0 amide bonds. The highest BCUT2D eigenvalue weighted by molar-refractivity contribution is 14.1. The number of hydrogen-bond acceptors (Lipinski definition) is 7. The van der Waals surface area contributed by atoms with Gasteiger partial charge in [0.25, 0.3) is 5.56 Å². The molecule has 0 aliphatic carbocycles. The third-order valence-corrected chi connectivity index (χ3v) is 7.33. The first-order chi connectivity index (χ1) is 16.2. The number of esters is 1. The van der Waals surface area contributed by atoms with Crippen molar-refractivity contribution in [1.82, 2.24) is 4.57 Å². The lowest BCUT2D eigenvalue weighted by molar-refractivity contribution is -0.139. The van der Waals surface area contributed by atoms with Crippen molar-refractivity contribution in [3.8, 4) is 11.5 Å². The molecule has 1 N–H and O–H groups in total. The highest BCUT2D eigenvalue weighted by Gasteiger charge is 2.33. The number of benzene rings is 2. The van der Waals surface area contributed by atoms with Crippen molar-refractivity contribution in [2.45, 2.75) is 19.9 Å². The summed E-state index contributed by atoms with van der Waals surface area (Å²) >= 11 is 9.31. The minimum Gasteiger partial charge on any atom is -0.504 e. The van der Waals surface area contributed by atoms with E-state index < -0.39 is 12.0 Å². The Balaban J connectivity index is 1.95. The summed E-state index contributed by atoms with van der Waals surface area (Å²) in [7, 11) is 1.47. The summed E-state index contributed by atoms with van der Waals surface area (Å²) in [5.41, 5.74) is 1.92. The molecule has 3 aromatic rings. The number of nitrogens with zero attached hydrogens (tertiary/aromatic N) is 2. The molecule has 1 unspecified atom stereocenters. The van der Waals surface area contributed by atoms with Crippen LogP contribution in [-0.2, 0) is 9.53 Å². The molecular weight excluding hydrogens is 591 g/mol. The topological polar surface area (TPSA) is 90.1 Å². The van der Waals surface area contributed by atoms with Crippen LogP contribution in [0.25, 0.3) is 6.08 Å². The lowest BCUT2D eigenvalue weighted by Gasteiger charge is -2.24. The average molecular weight is 611 g/mol. The van der Waals surface area contributed by atoms with E-state index in [4.69, 9.17) is 21.1 Å². The van der Waals surface area contributed by atoms with Crippen molar-refractivity contribution in [3.05, 3.63) is 87.1 Å². The Kier molecular flexibility index (Phi) is 7.15. The summed E-state index contributed by atoms with van der Waals surface area (Å²) in [6.07, 6.45) is 1.72. The Labute approximate surface area is 217 Å². The van der Waals surface area contributed by atoms with Gasteiger partial charge >= 0.3 is 5.97 Å².